The number of hydrogen-bond donors (Lipinski definition) is 0. The fourth-order valence-corrected chi connectivity index (χ4v) is 4.16. The number of carbonyl (C=O) groups excluding carboxylic acids is 2. The standard InChI is InChI=1S/C24H27N3O4/c1-24(2)13-20-14-26(23(29)31-16-19-11-7-4-8-12-19)21(27(20)17-24)25-22(28)30-15-18-9-5-3-6-10-18/h3-12,20H,13-17H2,1-2H3/b25-21-. The lowest BCUT2D eigenvalue weighted by atomic mass is 9.90. The molecule has 2 saturated heterocycles. The quantitative estimate of drug-likeness (QED) is 0.730. The Morgan fingerprint density at radius 1 is 0.968 bits per heavy atom. The Morgan fingerprint density at radius 2 is 1.55 bits per heavy atom. The molecule has 2 aromatic rings. The SMILES string of the molecule is CC1(C)CC2CN(C(=O)OCc3ccccc3)/C(=N/C(=O)OCc3ccccc3)N2C1. The van der Waals surface area contributed by atoms with E-state index in [4.69, 9.17) is 9.47 Å². The first-order valence-electron chi connectivity index (χ1n) is 10.5. The molecule has 2 amide bonds. The number of carbonyl (C=O) groups is 2. The van der Waals surface area contributed by atoms with Crippen LogP contribution < -0.4 is 0 Å². The lowest BCUT2D eigenvalue weighted by molar-refractivity contribution is 0.116. The second kappa shape index (κ2) is 8.79. The van der Waals surface area contributed by atoms with Crippen LogP contribution in [0.2, 0.25) is 0 Å². The molecule has 162 valence electrons. The number of ether oxygens (including phenoxy) is 2. The van der Waals surface area contributed by atoms with Gasteiger partial charge in [-0.1, -0.05) is 74.5 Å². The van der Waals surface area contributed by atoms with Gasteiger partial charge >= 0.3 is 12.2 Å². The lowest BCUT2D eigenvalue weighted by Crippen LogP contribution is -2.40. The van der Waals surface area contributed by atoms with Crippen molar-refractivity contribution in [2.45, 2.75) is 39.5 Å². The molecule has 4 rings (SSSR count). The van der Waals surface area contributed by atoms with E-state index < -0.39 is 12.2 Å². The highest BCUT2D eigenvalue weighted by molar-refractivity contribution is 6.00. The van der Waals surface area contributed by atoms with Crippen molar-refractivity contribution in [3.05, 3.63) is 71.8 Å². The van der Waals surface area contributed by atoms with Crippen molar-refractivity contribution >= 4 is 18.1 Å². The van der Waals surface area contributed by atoms with Crippen LogP contribution in [0, 0.1) is 5.41 Å². The zero-order valence-corrected chi connectivity index (χ0v) is 17.9. The molecule has 2 fully saturated rings. The van der Waals surface area contributed by atoms with E-state index in [9.17, 15) is 9.59 Å². The summed E-state index contributed by atoms with van der Waals surface area (Å²) in [6.07, 6.45) is -0.316. The van der Waals surface area contributed by atoms with E-state index in [1.165, 1.54) is 4.90 Å². The van der Waals surface area contributed by atoms with Crippen molar-refractivity contribution in [2.75, 3.05) is 13.1 Å². The first-order valence-corrected chi connectivity index (χ1v) is 10.5. The highest BCUT2D eigenvalue weighted by atomic mass is 16.6. The Hall–Kier alpha value is -3.35. The Morgan fingerprint density at radius 3 is 2.16 bits per heavy atom. The Labute approximate surface area is 182 Å². The van der Waals surface area contributed by atoms with Crippen LogP contribution in [0.5, 0.6) is 0 Å². The van der Waals surface area contributed by atoms with Crippen LogP contribution in [0.3, 0.4) is 0 Å². The molecule has 0 aliphatic carbocycles. The smallest absolute Gasteiger partial charge is 0.437 e. The Balaban J connectivity index is 1.46. The van der Waals surface area contributed by atoms with Crippen LogP contribution in [0.15, 0.2) is 65.7 Å². The summed E-state index contributed by atoms with van der Waals surface area (Å²) >= 11 is 0. The molecule has 0 saturated carbocycles. The van der Waals surface area contributed by atoms with E-state index in [1.807, 2.05) is 65.6 Å². The molecule has 31 heavy (non-hydrogen) atoms. The first-order chi connectivity index (χ1) is 14.9. The predicted octanol–water partition coefficient (Wildman–Crippen LogP) is 4.43. The minimum Gasteiger partial charge on any atom is -0.444 e. The summed E-state index contributed by atoms with van der Waals surface area (Å²) in [6.45, 7) is 5.80. The van der Waals surface area contributed by atoms with Gasteiger partial charge in [-0.15, -0.1) is 4.99 Å². The van der Waals surface area contributed by atoms with Crippen molar-refractivity contribution in [3.63, 3.8) is 0 Å². The molecule has 1 atom stereocenters. The van der Waals surface area contributed by atoms with Gasteiger partial charge in [0.05, 0.1) is 12.6 Å². The van der Waals surface area contributed by atoms with Crippen molar-refractivity contribution in [2.24, 2.45) is 10.4 Å². The summed E-state index contributed by atoms with van der Waals surface area (Å²) < 4.78 is 10.8. The number of rotatable bonds is 4. The molecular weight excluding hydrogens is 394 g/mol. The molecule has 0 N–H and O–H groups in total. The van der Waals surface area contributed by atoms with E-state index in [0.717, 1.165) is 17.5 Å². The molecule has 2 heterocycles. The molecule has 2 aromatic carbocycles. The molecule has 0 spiro atoms. The zero-order chi connectivity index (χ0) is 21.8. The maximum Gasteiger partial charge on any atom is 0.437 e. The summed E-state index contributed by atoms with van der Waals surface area (Å²) in [4.78, 5) is 32.9. The van der Waals surface area contributed by atoms with Crippen LogP contribution in [0.1, 0.15) is 31.4 Å². The molecular formula is C24H27N3O4. The molecule has 2 aliphatic heterocycles. The van der Waals surface area contributed by atoms with Crippen molar-refractivity contribution < 1.29 is 19.1 Å². The molecule has 0 aromatic heterocycles. The monoisotopic (exact) mass is 421 g/mol. The predicted molar refractivity (Wildman–Crippen MR) is 116 cm³/mol. The second-order valence-electron chi connectivity index (χ2n) is 8.75. The number of guanidine groups is 1. The van der Waals surface area contributed by atoms with E-state index >= 15 is 0 Å². The number of fused-ring (bicyclic) bond motifs is 1. The van der Waals surface area contributed by atoms with E-state index in [-0.39, 0.29) is 24.7 Å². The first kappa shape index (κ1) is 20.9. The van der Waals surface area contributed by atoms with Crippen molar-refractivity contribution in [1.82, 2.24) is 9.80 Å². The van der Waals surface area contributed by atoms with Gasteiger partial charge in [0.2, 0.25) is 5.96 Å². The molecule has 1 unspecified atom stereocenters. The molecule has 7 nitrogen and oxygen atoms in total. The van der Waals surface area contributed by atoms with Gasteiger partial charge in [0.15, 0.2) is 0 Å². The summed E-state index contributed by atoms with van der Waals surface area (Å²) in [5.41, 5.74) is 1.86. The average molecular weight is 421 g/mol. The fraction of sp³-hybridized carbons (Fsp3) is 0.375. The summed E-state index contributed by atoms with van der Waals surface area (Å²) in [7, 11) is 0. The van der Waals surface area contributed by atoms with Gasteiger partial charge in [0, 0.05) is 6.54 Å². The minimum atomic E-state index is -0.718. The number of aliphatic imine (C=N–C) groups is 1. The van der Waals surface area contributed by atoms with Crippen LogP contribution in [0.4, 0.5) is 9.59 Å². The maximum atomic E-state index is 12.8. The molecule has 0 radical (unpaired) electrons. The van der Waals surface area contributed by atoms with Gasteiger partial charge in [-0.2, -0.15) is 0 Å². The third-order valence-electron chi connectivity index (χ3n) is 5.54. The van der Waals surface area contributed by atoms with Gasteiger partial charge in [-0.05, 0) is 23.0 Å². The highest BCUT2D eigenvalue weighted by Gasteiger charge is 2.48. The average Bonchev–Trinajstić information content (AvgIpc) is 3.24. The lowest BCUT2D eigenvalue weighted by Gasteiger charge is -2.24. The summed E-state index contributed by atoms with van der Waals surface area (Å²) in [5, 5.41) is 0. The molecule has 2 aliphatic rings. The maximum absolute atomic E-state index is 12.8. The summed E-state index contributed by atoms with van der Waals surface area (Å²) in [5.74, 6) is 0.312. The zero-order valence-electron chi connectivity index (χ0n) is 17.9. The number of benzene rings is 2. The van der Waals surface area contributed by atoms with Crippen LogP contribution in [-0.2, 0) is 22.7 Å². The third-order valence-corrected chi connectivity index (χ3v) is 5.54. The Kier molecular flexibility index (Phi) is 5.93. The molecule has 0 bridgehead atoms. The van der Waals surface area contributed by atoms with Crippen molar-refractivity contribution in [1.29, 1.82) is 0 Å². The Bertz CT molecular complexity index is 959. The number of nitrogens with zero attached hydrogens (tertiary/aromatic N) is 3. The second-order valence-corrected chi connectivity index (χ2v) is 8.75. The van der Waals surface area contributed by atoms with Crippen LogP contribution in [-0.4, -0.2) is 47.1 Å². The topological polar surface area (TPSA) is 71.4 Å². The van der Waals surface area contributed by atoms with Crippen LogP contribution in [0.25, 0.3) is 0 Å². The number of amides is 2. The van der Waals surface area contributed by atoms with E-state index in [0.29, 0.717) is 19.0 Å². The largest absolute Gasteiger partial charge is 0.444 e. The van der Waals surface area contributed by atoms with E-state index in [2.05, 4.69) is 18.8 Å². The minimum absolute atomic E-state index is 0.0828. The summed E-state index contributed by atoms with van der Waals surface area (Å²) in [6, 6.07) is 19.0. The van der Waals surface area contributed by atoms with Gasteiger partial charge in [0.25, 0.3) is 0 Å². The fourth-order valence-electron chi connectivity index (χ4n) is 4.16. The van der Waals surface area contributed by atoms with Crippen LogP contribution >= 0.6 is 0 Å². The number of hydrogen-bond acceptors (Lipinski definition) is 4. The molecule has 7 heteroatoms. The highest BCUT2D eigenvalue weighted by Crippen LogP contribution is 2.38. The normalized spacial score (nSPS) is 20.6. The van der Waals surface area contributed by atoms with Crippen molar-refractivity contribution in [3.8, 4) is 0 Å². The van der Waals surface area contributed by atoms with Gasteiger partial charge < -0.3 is 14.4 Å². The third kappa shape index (κ3) is 5.05. The van der Waals surface area contributed by atoms with E-state index in [1.54, 1.807) is 0 Å². The van der Waals surface area contributed by atoms with Gasteiger partial charge in [-0.25, -0.2) is 14.5 Å². The van der Waals surface area contributed by atoms with Gasteiger partial charge in [0.1, 0.15) is 13.2 Å². The van der Waals surface area contributed by atoms with Gasteiger partial charge in [-0.3, -0.25) is 0 Å².